The van der Waals surface area contributed by atoms with Gasteiger partial charge in [-0.25, -0.2) is 14.6 Å². The van der Waals surface area contributed by atoms with Crippen LogP contribution in [0.4, 0.5) is 4.79 Å². The Balaban J connectivity index is 1.47. The number of carbonyl (C=O) groups excluding carboxylic acids is 3. The van der Waals surface area contributed by atoms with Crippen LogP contribution in [-0.2, 0) is 23.8 Å². The lowest BCUT2D eigenvalue weighted by Crippen LogP contribution is -2.38. The average molecular weight is 534 g/mol. The van der Waals surface area contributed by atoms with Gasteiger partial charge in [-0.2, -0.15) is 5.26 Å². The van der Waals surface area contributed by atoms with E-state index >= 15 is 0 Å². The lowest BCUT2D eigenvalue weighted by atomic mass is 9.70. The molecule has 0 saturated heterocycles. The van der Waals surface area contributed by atoms with Gasteiger partial charge >= 0.3 is 12.1 Å². The molecule has 0 spiro atoms. The SMILES string of the molecule is CC1(C)CC(CNC(=O)OCCCCCCOC(=O)CCC2CC(OC#N)CC(C)(C)C2)CC(N=C=O)C1. The maximum atomic E-state index is 12.1. The van der Waals surface area contributed by atoms with Crippen LogP contribution in [0, 0.1) is 34.2 Å². The molecule has 0 aromatic carbocycles. The second-order valence-corrected chi connectivity index (χ2v) is 12.7. The van der Waals surface area contributed by atoms with Crippen molar-refractivity contribution >= 4 is 18.1 Å². The van der Waals surface area contributed by atoms with Crippen LogP contribution < -0.4 is 5.32 Å². The first kappa shape index (κ1) is 31.6. The summed E-state index contributed by atoms with van der Waals surface area (Å²) in [5.74, 6) is 0.460. The van der Waals surface area contributed by atoms with E-state index in [1.807, 2.05) is 6.26 Å². The molecule has 9 nitrogen and oxygen atoms in total. The fourth-order valence-corrected chi connectivity index (χ4v) is 6.37. The van der Waals surface area contributed by atoms with Gasteiger partial charge in [0.05, 0.1) is 19.3 Å². The van der Waals surface area contributed by atoms with Gasteiger partial charge in [-0.1, -0.05) is 27.7 Å². The number of hydrogen-bond donors (Lipinski definition) is 1. The topological polar surface area (TPSA) is 127 Å². The van der Waals surface area contributed by atoms with Crippen molar-refractivity contribution in [2.75, 3.05) is 19.8 Å². The Hall–Kier alpha value is -2.59. The van der Waals surface area contributed by atoms with Crippen LogP contribution in [-0.4, -0.2) is 50.0 Å². The molecule has 2 rings (SSSR count). The summed E-state index contributed by atoms with van der Waals surface area (Å²) in [5.41, 5.74) is 0.195. The highest BCUT2D eigenvalue weighted by Crippen LogP contribution is 2.42. The number of aliphatic imine (C=N–C) groups is 1. The summed E-state index contributed by atoms with van der Waals surface area (Å²) in [6, 6.07) is -0.0272. The van der Waals surface area contributed by atoms with Gasteiger partial charge in [0.15, 0.2) is 0 Å². The van der Waals surface area contributed by atoms with Crippen molar-refractivity contribution < 1.29 is 28.6 Å². The molecule has 2 aliphatic rings. The van der Waals surface area contributed by atoms with Crippen LogP contribution in [0.3, 0.4) is 0 Å². The molecule has 0 heterocycles. The smallest absolute Gasteiger partial charge is 0.407 e. The van der Waals surface area contributed by atoms with E-state index in [0.29, 0.717) is 32.1 Å². The lowest BCUT2D eigenvalue weighted by molar-refractivity contribution is -0.144. The minimum Gasteiger partial charge on any atom is -0.466 e. The third-order valence-corrected chi connectivity index (χ3v) is 7.73. The van der Waals surface area contributed by atoms with Crippen LogP contribution in [0.2, 0.25) is 0 Å². The first-order chi connectivity index (χ1) is 18.0. The van der Waals surface area contributed by atoms with E-state index in [1.54, 1.807) is 6.08 Å². The molecule has 2 fully saturated rings. The molecule has 2 saturated carbocycles. The number of amides is 1. The lowest BCUT2D eigenvalue weighted by Gasteiger charge is -2.38. The summed E-state index contributed by atoms with van der Waals surface area (Å²) in [7, 11) is 0. The summed E-state index contributed by atoms with van der Waals surface area (Å²) in [4.78, 5) is 38.7. The van der Waals surface area contributed by atoms with Gasteiger partial charge in [0.2, 0.25) is 6.08 Å². The number of nitriles is 1. The summed E-state index contributed by atoms with van der Waals surface area (Å²) < 4.78 is 15.9. The van der Waals surface area contributed by atoms with E-state index in [2.05, 4.69) is 38.0 Å². The Labute approximate surface area is 228 Å². The van der Waals surface area contributed by atoms with E-state index < -0.39 is 6.09 Å². The molecule has 4 unspecified atom stereocenters. The molecular weight excluding hydrogens is 486 g/mol. The number of carbonyl (C=O) groups is 2. The number of rotatable bonds is 14. The van der Waals surface area contributed by atoms with Crippen molar-refractivity contribution in [3.63, 3.8) is 0 Å². The molecule has 0 aromatic heterocycles. The molecule has 0 radical (unpaired) electrons. The number of nitrogens with one attached hydrogen (secondary N) is 1. The molecule has 0 bridgehead atoms. The molecule has 4 atom stereocenters. The maximum Gasteiger partial charge on any atom is 0.407 e. The molecule has 9 heteroatoms. The van der Waals surface area contributed by atoms with Gasteiger partial charge in [-0.05, 0) is 93.3 Å². The minimum absolute atomic E-state index is 0.0272. The number of isocyanates is 1. The van der Waals surface area contributed by atoms with Crippen LogP contribution in [0.15, 0.2) is 4.99 Å². The van der Waals surface area contributed by atoms with Gasteiger partial charge in [-0.3, -0.25) is 4.79 Å². The number of ether oxygens (including phenoxy) is 3. The van der Waals surface area contributed by atoms with Crippen molar-refractivity contribution in [1.29, 1.82) is 5.26 Å². The predicted octanol–water partition coefficient (Wildman–Crippen LogP) is 5.82. The zero-order valence-electron chi connectivity index (χ0n) is 23.8. The van der Waals surface area contributed by atoms with Crippen molar-refractivity contribution in [2.24, 2.45) is 27.7 Å². The third-order valence-electron chi connectivity index (χ3n) is 7.73. The normalized spacial score (nSPS) is 25.8. The largest absolute Gasteiger partial charge is 0.466 e. The Morgan fingerprint density at radius 3 is 2.26 bits per heavy atom. The van der Waals surface area contributed by atoms with Crippen LogP contribution in [0.1, 0.15) is 105 Å². The van der Waals surface area contributed by atoms with Crippen LogP contribution in [0.25, 0.3) is 0 Å². The molecule has 2 aliphatic carbocycles. The van der Waals surface area contributed by atoms with Gasteiger partial charge in [0, 0.05) is 13.0 Å². The maximum absolute atomic E-state index is 12.1. The number of unbranched alkanes of at least 4 members (excludes halogenated alkanes) is 3. The van der Waals surface area contributed by atoms with E-state index in [1.165, 1.54) is 0 Å². The molecule has 0 aliphatic heterocycles. The number of hydrogen-bond acceptors (Lipinski definition) is 8. The highest BCUT2D eigenvalue weighted by molar-refractivity contribution is 5.69. The van der Waals surface area contributed by atoms with Crippen molar-refractivity contribution in [2.45, 2.75) is 117 Å². The third kappa shape index (κ3) is 12.8. The monoisotopic (exact) mass is 533 g/mol. The van der Waals surface area contributed by atoms with Crippen molar-refractivity contribution in [3.8, 4) is 6.26 Å². The Morgan fingerprint density at radius 2 is 1.58 bits per heavy atom. The number of nitrogens with zero attached hydrogens (tertiary/aromatic N) is 2. The second kappa shape index (κ2) is 15.7. The standard InChI is InChI=1S/C29H47N3O6/c1-28(2)16-23(13-24(17-28)32-21-33)19-31-27(35)37-12-8-6-5-7-11-36-26(34)10-9-22-14-25(38-20-30)18-29(3,4)15-22/h22-25H,5-19H2,1-4H3,(H,31,35). The molecule has 0 aromatic rings. The fourth-order valence-electron chi connectivity index (χ4n) is 6.37. The van der Waals surface area contributed by atoms with Gasteiger partial charge < -0.3 is 19.5 Å². The molecule has 38 heavy (non-hydrogen) atoms. The molecule has 1 N–H and O–H groups in total. The summed E-state index contributed by atoms with van der Waals surface area (Å²) in [6.45, 7) is 9.97. The Bertz CT molecular complexity index is 846. The van der Waals surface area contributed by atoms with Gasteiger partial charge in [0.1, 0.15) is 6.10 Å². The first-order valence-corrected chi connectivity index (χ1v) is 14.2. The zero-order valence-corrected chi connectivity index (χ0v) is 23.8. The van der Waals surface area contributed by atoms with Crippen LogP contribution in [0.5, 0.6) is 0 Å². The van der Waals surface area contributed by atoms with Crippen molar-refractivity contribution in [1.82, 2.24) is 5.32 Å². The molecule has 214 valence electrons. The number of esters is 1. The first-order valence-electron chi connectivity index (χ1n) is 14.2. The second-order valence-electron chi connectivity index (χ2n) is 12.7. The summed E-state index contributed by atoms with van der Waals surface area (Å²) >= 11 is 0. The minimum atomic E-state index is -0.412. The van der Waals surface area contributed by atoms with E-state index in [0.717, 1.165) is 70.6 Å². The van der Waals surface area contributed by atoms with Gasteiger partial charge in [0.25, 0.3) is 6.26 Å². The number of alkyl carbamates (subject to hydrolysis) is 1. The molecule has 1 amide bonds. The molecular formula is C29H47N3O6. The van der Waals surface area contributed by atoms with Crippen molar-refractivity contribution in [3.05, 3.63) is 0 Å². The quantitative estimate of drug-likeness (QED) is 0.0979. The zero-order chi connectivity index (χ0) is 28.0. The average Bonchev–Trinajstić information content (AvgIpc) is 2.81. The van der Waals surface area contributed by atoms with E-state index in [9.17, 15) is 14.4 Å². The van der Waals surface area contributed by atoms with E-state index in [-0.39, 0.29) is 34.9 Å². The fraction of sp³-hybridized carbons (Fsp3) is 0.862. The summed E-state index contributed by atoms with van der Waals surface area (Å²) in [6.07, 6.45) is 12.8. The van der Waals surface area contributed by atoms with E-state index in [4.69, 9.17) is 19.5 Å². The Kier molecular flexibility index (Phi) is 13.1. The Morgan fingerprint density at radius 1 is 0.921 bits per heavy atom. The van der Waals surface area contributed by atoms with Gasteiger partial charge in [-0.15, -0.1) is 0 Å². The summed E-state index contributed by atoms with van der Waals surface area (Å²) in [5, 5.41) is 11.7. The highest BCUT2D eigenvalue weighted by atomic mass is 16.5. The van der Waals surface area contributed by atoms with Crippen LogP contribution >= 0.6 is 0 Å². The highest BCUT2D eigenvalue weighted by Gasteiger charge is 2.35. The predicted molar refractivity (Wildman–Crippen MR) is 143 cm³/mol.